The molecule has 4 nitrogen and oxygen atoms in total. The van der Waals surface area contributed by atoms with E-state index in [1.54, 1.807) is 25.1 Å². The quantitative estimate of drug-likeness (QED) is 0.484. The first-order valence-corrected chi connectivity index (χ1v) is 6.82. The summed E-state index contributed by atoms with van der Waals surface area (Å²) in [6, 6.07) is 13.1. The number of rotatable bonds is 2. The molecule has 4 heteroatoms. The van der Waals surface area contributed by atoms with Gasteiger partial charge in [0.25, 0.3) is 0 Å². The Bertz CT molecular complexity index is 860. The van der Waals surface area contributed by atoms with Crippen molar-refractivity contribution in [3.63, 3.8) is 0 Å². The van der Waals surface area contributed by atoms with Crippen LogP contribution in [0.3, 0.4) is 0 Å². The van der Waals surface area contributed by atoms with Crippen LogP contribution in [0.1, 0.15) is 17.3 Å². The Kier molecular flexibility index (Phi) is 3.66. The molecule has 0 saturated carbocycles. The van der Waals surface area contributed by atoms with Crippen LogP contribution in [0.5, 0.6) is 0 Å². The summed E-state index contributed by atoms with van der Waals surface area (Å²) in [5.41, 5.74) is 1.42. The number of fused-ring (bicyclic) bond motifs is 1. The van der Waals surface area contributed by atoms with E-state index in [0.717, 1.165) is 10.8 Å². The Hall–Kier alpha value is -3.01. The third-order valence-corrected chi connectivity index (χ3v) is 3.38. The van der Waals surface area contributed by atoms with Crippen molar-refractivity contribution in [1.82, 2.24) is 0 Å². The Morgan fingerprint density at radius 3 is 2.59 bits per heavy atom. The number of carbonyl (C=O) groups excluding carboxylic acids is 2. The minimum atomic E-state index is -0.533. The Morgan fingerprint density at radius 2 is 1.82 bits per heavy atom. The zero-order chi connectivity index (χ0) is 15.5. The van der Waals surface area contributed by atoms with E-state index >= 15 is 0 Å². The predicted octanol–water partition coefficient (Wildman–Crippen LogP) is 3.44. The fourth-order valence-corrected chi connectivity index (χ4v) is 2.15. The summed E-state index contributed by atoms with van der Waals surface area (Å²) >= 11 is 0. The van der Waals surface area contributed by atoms with Gasteiger partial charge in [-0.05, 0) is 53.6 Å². The minimum absolute atomic E-state index is 0.0696. The lowest BCUT2D eigenvalue weighted by molar-refractivity contribution is -0.111. The molecule has 0 N–H and O–H groups in total. The molecule has 108 valence electrons. The number of hydrogen-bond acceptors (Lipinski definition) is 4. The normalized spacial score (nSPS) is 16.0. The van der Waals surface area contributed by atoms with Crippen LogP contribution < -0.4 is 0 Å². The molecular weight excluding hydrogens is 278 g/mol. The van der Waals surface area contributed by atoms with Crippen molar-refractivity contribution in [2.45, 2.75) is 6.92 Å². The average Bonchev–Trinajstić information content (AvgIpc) is 2.55. The van der Waals surface area contributed by atoms with Crippen LogP contribution in [0.4, 0.5) is 0 Å². The van der Waals surface area contributed by atoms with Gasteiger partial charge in [-0.25, -0.2) is 4.79 Å². The molecule has 2 aromatic rings. The number of ketones is 1. The van der Waals surface area contributed by atoms with Gasteiger partial charge in [0.05, 0.1) is 5.56 Å². The summed E-state index contributed by atoms with van der Waals surface area (Å²) in [6.45, 7) is 1.69. The molecule has 3 rings (SSSR count). The summed E-state index contributed by atoms with van der Waals surface area (Å²) in [5.74, 6) is -0.602. The fraction of sp³-hybridized carbons (Fsp3) is 0.0556. The molecule has 0 heterocycles. The van der Waals surface area contributed by atoms with E-state index < -0.39 is 5.97 Å². The average molecular weight is 291 g/mol. The summed E-state index contributed by atoms with van der Waals surface area (Å²) in [6.07, 6.45) is 4.50. The molecule has 0 aromatic heterocycles. The van der Waals surface area contributed by atoms with Gasteiger partial charge in [-0.2, -0.15) is 0 Å². The second kappa shape index (κ2) is 5.77. The van der Waals surface area contributed by atoms with Crippen LogP contribution in [-0.2, 0) is 9.63 Å². The SMILES string of the molecule is CC1=C/C(=N\OC(=O)c2ccc3ccccc3c2)C=CC1=O. The van der Waals surface area contributed by atoms with E-state index in [1.165, 1.54) is 12.2 Å². The van der Waals surface area contributed by atoms with Crippen LogP contribution in [-0.4, -0.2) is 17.5 Å². The smallest absolute Gasteiger partial charge is 0.312 e. The lowest BCUT2D eigenvalue weighted by atomic mass is 10.1. The van der Waals surface area contributed by atoms with Crippen molar-refractivity contribution in [2.75, 3.05) is 0 Å². The zero-order valence-electron chi connectivity index (χ0n) is 11.9. The predicted molar refractivity (Wildman–Crippen MR) is 84.7 cm³/mol. The lowest BCUT2D eigenvalue weighted by Gasteiger charge is -2.04. The van der Waals surface area contributed by atoms with Gasteiger partial charge in [0.2, 0.25) is 0 Å². The first kappa shape index (κ1) is 13.9. The number of allylic oxidation sites excluding steroid dienone is 4. The van der Waals surface area contributed by atoms with Gasteiger partial charge >= 0.3 is 5.97 Å². The lowest BCUT2D eigenvalue weighted by Crippen LogP contribution is -2.07. The monoisotopic (exact) mass is 291 g/mol. The van der Waals surface area contributed by atoms with E-state index in [4.69, 9.17) is 4.84 Å². The zero-order valence-corrected chi connectivity index (χ0v) is 11.9. The summed E-state index contributed by atoms with van der Waals surface area (Å²) in [4.78, 5) is 28.3. The number of oxime groups is 1. The first-order valence-electron chi connectivity index (χ1n) is 6.82. The highest BCUT2D eigenvalue weighted by molar-refractivity contribution is 6.18. The minimum Gasteiger partial charge on any atom is -0.312 e. The van der Waals surface area contributed by atoms with E-state index in [-0.39, 0.29) is 5.78 Å². The summed E-state index contributed by atoms with van der Waals surface area (Å²) in [5, 5.41) is 5.79. The number of carbonyl (C=O) groups is 2. The molecule has 0 bridgehead atoms. The second-order valence-corrected chi connectivity index (χ2v) is 4.98. The van der Waals surface area contributed by atoms with Crippen LogP contribution in [0, 0.1) is 0 Å². The van der Waals surface area contributed by atoms with Crippen molar-refractivity contribution in [3.05, 3.63) is 71.8 Å². The maximum Gasteiger partial charge on any atom is 0.365 e. The highest BCUT2D eigenvalue weighted by atomic mass is 16.7. The Morgan fingerprint density at radius 1 is 1.05 bits per heavy atom. The van der Waals surface area contributed by atoms with Crippen molar-refractivity contribution < 1.29 is 14.4 Å². The molecule has 0 fully saturated rings. The Balaban J connectivity index is 1.79. The van der Waals surface area contributed by atoms with Gasteiger partial charge in [0.15, 0.2) is 5.78 Å². The van der Waals surface area contributed by atoms with Crippen LogP contribution in [0.2, 0.25) is 0 Å². The van der Waals surface area contributed by atoms with Crippen molar-refractivity contribution in [3.8, 4) is 0 Å². The molecule has 0 radical (unpaired) electrons. The third kappa shape index (κ3) is 2.86. The van der Waals surface area contributed by atoms with Crippen molar-refractivity contribution in [2.24, 2.45) is 5.16 Å². The molecule has 1 aliphatic rings. The molecular formula is C18H13NO3. The van der Waals surface area contributed by atoms with E-state index in [9.17, 15) is 9.59 Å². The topological polar surface area (TPSA) is 55.7 Å². The molecule has 0 unspecified atom stereocenters. The maximum atomic E-state index is 12.0. The number of benzene rings is 2. The van der Waals surface area contributed by atoms with Crippen LogP contribution in [0.15, 0.2) is 71.4 Å². The molecule has 0 saturated heterocycles. The van der Waals surface area contributed by atoms with Gasteiger partial charge in [0.1, 0.15) is 5.71 Å². The molecule has 1 aliphatic carbocycles. The molecule has 0 amide bonds. The number of nitrogens with zero attached hydrogens (tertiary/aromatic N) is 1. The maximum absolute atomic E-state index is 12.0. The highest BCUT2D eigenvalue weighted by Gasteiger charge is 2.10. The van der Waals surface area contributed by atoms with Gasteiger partial charge in [-0.1, -0.05) is 35.5 Å². The second-order valence-electron chi connectivity index (χ2n) is 4.98. The first-order chi connectivity index (χ1) is 10.6. The van der Waals surface area contributed by atoms with E-state index in [0.29, 0.717) is 16.8 Å². The summed E-state index contributed by atoms with van der Waals surface area (Å²) in [7, 11) is 0. The van der Waals surface area contributed by atoms with Gasteiger partial charge in [-0.15, -0.1) is 0 Å². The van der Waals surface area contributed by atoms with Gasteiger partial charge < -0.3 is 4.84 Å². The molecule has 0 spiro atoms. The van der Waals surface area contributed by atoms with Crippen molar-refractivity contribution >= 4 is 28.2 Å². The largest absolute Gasteiger partial charge is 0.365 e. The molecule has 0 aliphatic heterocycles. The van der Waals surface area contributed by atoms with Gasteiger partial charge in [-0.3, -0.25) is 4.79 Å². The molecule has 0 atom stereocenters. The highest BCUT2D eigenvalue weighted by Crippen LogP contribution is 2.16. The van der Waals surface area contributed by atoms with Crippen LogP contribution >= 0.6 is 0 Å². The van der Waals surface area contributed by atoms with Gasteiger partial charge in [0, 0.05) is 0 Å². The standard InChI is InChI=1S/C18H13NO3/c1-12-10-16(8-9-17(12)20)19-22-18(21)15-7-6-13-4-2-3-5-14(13)11-15/h2-11H,1H3/b19-16-. The Labute approximate surface area is 127 Å². The summed E-state index contributed by atoms with van der Waals surface area (Å²) < 4.78 is 0. The fourth-order valence-electron chi connectivity index (χ4n) is 2.15. The number of hydrogen-bond donors (Lipinski definition) is 0. The van der Waals surface area contributed by atoms with Crippen LogP contribution in [0.25, 0.3) is 10.8 Å². The van der Waals surface area contributed by atoms with E-state index in [2.05, 4.69) is 5.16 Å². The van der Waals surface area contributed by atoms with E-state index in [1.807, 2.05) is 30.3 Å². The molecule has 22 heavy (non-hydrogen) atoms. The third-order valence-electron chi connectivity index (χ3n) is 3.38. The molecule has 2 aromatic carbocycles. The van der Waals surface area contributed by atoms with Crippen molar-refractivity contribution in [1.29, 1.82) is 0 Å².